The molecule has 5 heterocycles. The van der Waals surface area contributed by atoms with Gasteiger partial charge in [0, 0.05) is 42.9 Å². The summed E-state index contributed by atoms with van der Waals surface area (Å²) in [5.41, 5.74) is 2.29. The average Bonchev–Trinajstić information content (AvgIpc) is 3.57. The van der Waals surface area contributed by atoms with Crippen LogP contribution in [0.15, 0.2) is 36.8 Å². The first kappa shape index (κ1) is 21.9. The van der Waals surface area contributed by atoms with Gasteiger partial charge in [0.15, 0.2) is 5.65 Å². The number of rotatable bonds is 5. The standard InChI is InChI=1S/C23H23F2N7O3/c1-26-19-7-15(14-9-31(16-10-35-11-17(16)33)20-12(14)3-2-6-27-20)29-21-13(8-28-32(19)21)22(34)30-18-4-5-23(18,24)25/h2-3,6-9,16-18,26,33H,4-5,10-11H2,1H3,(H,30,34)/t16-,17-,18+/m0/s1. The normalized spacial score (nSPS) is 23.5. The lowest BCUT2D eigenvalue weighted by Gasteiger charge is -2.36. The van der Waals surface area contributed by atoms with E-state index in [-0.39, 0.29) is 36.7 Å². The van der Waals surface area contributed by atoms with Crippen molar-refractivity contribution in [3.63, 3.8) is 0 Å². The Bertz CT molecular complexity index is 1450. The Balaban J connectivity index is 1.47. The Morgan fingerprint density at radius 3 is 2.86 bits per heavy atom. The molecule has 3 atom stereocenters. The van der Waals surface area contributed by atoms with E-state index in [9.17, 15) is 18.7 Å². The Labute approximate surface area is 197 Å². The molecule has 1 saturated carbocycles. The maximum atomic E-state index is 13.7. The summed E-state index contributed by atoms with van der Waals surface area (Å²) in [5, 5.41) is 20.9. The molecule has 12 heteroatoms. The van der Waals surface area contributed by atoms with E-state index in [2.05, 4.69) is 20.7 Å². The van der Waals surface area contributed by atoms with E-state index in [1.807, 2.05) is 22.9 Å². The molecule has 1 aliphatic carbocycles. The number of fused-ring (bicyclic) bond motifs is 2. The highest BCUT2D eigenvalue weighted by Gasteiger charge is 2.49. The lowest BCUT2D eigenvalue weighted by atomic mass is 9.88. The lowest BCUT2D eigenvalue weighted by molar-refractivity contribution is -0.102. The topological polar surface area (TPSA) is 119 Å². The number of carbonyl (C=O) groups is 1. The minimum atomic E-state index is -2.91. The second-order valence-electron chi connectivity index (χ2n) is 8.89. The van der Waals surface area contributed by atoms with Gasteiger partial charge in [-0.25, -0.2) is 18.7 Å². The summed E-state index contributed by atoms with van der Waals surface area (Å²) in [6.45, 7) is 0.600. The summed E-state index contributed by atoms with van der Waals surface area (Å²) < 4.78 is 36.3. The predicted molar refractivity (Wildman–Crippen MR) is 123 cm³/mol. The molecule has 2 fully saturated rings. The van der Waals surface area contributed by atoms with Crippen LogP contribution in [0.4, 0.5) is 14.6 Å². The number of halogens is 2. The second-order valence-corrected chi connectivity index (χ2v) is 8.89. The van der Waals surface area contributed by atoms with Gasteiger partial charge in [0.25, 0.3) is 11.8 Å². The largest absolute Gasteiger partial charge is 0.388 e. The first-order valence-electron chi connectivity index (χ1n) is 11.3. The molecule has 6 rings (SSSR count). The Hall–Kier alpha value is -3.64. The summed E-state index contributed by atoms with van der Waals surface area (Å²) in [5.74, 6) is -2.99. The summed E-state index contributed by atoms with van der Waals surface area (Å²) in [6, 6.07) is 4.01. The third-order valence-electron chi connectivity index (χ3n) is 6.80. The van der Waals surface area contributed by atoms with Crippen LogP contribution in [0.5, 0.6) is 0 Å². The molecule has 1 saturated heterocycles. The van der Waals surface area contributed by atoms with Crippen molar-refractivity contribution in [1.29, 1.82) is 0 Å². The van der Waals surface area contributed by atoms with E-state index in [0.29, 0.717) is 23.8 Å². The molecule has 35 heavy (non-hydrogen) atoms. The van der Waals surface area contributed by atoms with Gasteiger partial charge in [0.1, 0.15) is 23.1 Å². The summed E-state index contributed by atoms with van der Waals surface area (Å²) in [4.78, 5) is 22.1. The molecule has 1 amide bonds. The molecule has 3 N–H and O–H groups in total. The fourth-order valence-corrected chi connectivity index (χ4v) is 4.70. The molecule has 10 nitrogen and oxygen atoms in total. The third-order valence-corrected chi connectivity index (χ3v) is 6.80. The molecular weight excluding hydrogens is 460 g/mol. The number of alkyl halides is 2. The molecule has 0 bridgehead atoms. The number of pyridine rings is 1. The zero-order valence-corrected chi connectivity index (χ0v) is 18.8. The van der Waals surface area contributed by atoms with Crippen LogP contribution in [0, 0.1) is 0 Å². The van der Waals surface area contributed by atoms with Crippen molar-refractivity contribution in [2.75, 3.05) is 25.6 Å². The van der Waals surface area contributed by atoms with E-state index in [0.717, 1.165) is 10.9 Å². The first-order chi connectivity index (χ1) is 16.9. The predicted octanol–water partition coefficient (Wildman–Crippen LogP) is 2.25. The molecule has 0 radical (unpaired) electrons. The van der Waals surface area contributed by atoms with Crippen molar-refractivity contribution in [3.05, 3.63) is 42.4 Å². The third kappa shape index (κ3) is 3.43. The number of amides is 1. The Morgan fingerprint density at radius 1 is 1.31 bits per heavy atom. The molecule has 182 valence electrons. The number of hydrogen-bond acceptors (Lipinski definition) is 7. The zero-order valence-electron chi connectivity index (χ0n) is 18.8. The first-order valence-corrected chi connectivity index (χ1v) is 11.3. The van der Waals surface area contributed by atoms with Crippen molar-refractivity contribution in [1.82, 2.24) is 29.5 Å². The van der Waals surface area contributed by atoms with E-state index < -0.39 is 24.0 Å². The number of nitrogens with zero attached hydrogens (tertiary/aromatic N) is 5. The summed E-state index contributed by atoms with van der Waals surface area (Å²) >= 11 is 0. The highest BCUT2D eigenvalue weighted by Crippen LogP contribution is 2.38. The Kier molecular flexibility index (Phi) is 4.97. The van der Waals surface area contributed by atoms with Crippen LogP contribution < -0.4 is 10.6 Å². The van der Waals surface area contributed by atoms with Gasteiger partial charge in [0.2, 0.25) is 0 Å². The van der Waals surface area contributed by atoms with Crippen molar-refractivity contribution in [2.24, 2.45) is 0 Å². The van der Waals surface area contributed by atoms with Crippen molar-refractivity contribution < 1.29 is 23.4 Å². The fraction of sp³-hybridized carbons (Fsp3) is 0.391. The monoisotopic (exact) mass is 483 g/mol. The van der Waals surface area contributed by atoms with Gasteiger partial charge in [0.05, 0.1) is 37.2 Å². The highest BCUT2D eigenvalue weighted by molar-refractivity contribution is 6.01. The number of hydrogen-bond donors (Lipinski definition) is 3. The van der Waals surface area contributed by atoms with E-state index in [4.69, 9.17) is 9.72 Å². The number of carbonyl (C=O) groups excluding carboxylic acids is 1. The minimum absolute atomic E-state index is 0.104. The molecule has 2 aliphatic rings. The van der Waals surface area contributed by atoms with Gasteiger partial charge in [-0.1, -0.05) is 0 Å². The maximum Gasteiger partial charge on any atom is 0.267 e. The van der Waals surface area contributed by atoms with Crippen molar-refractivity contribution >= 4 is 28.4 Å². The number of nitrogens with one attached hydrogen (secondary N) is 2. The van der Waals surface area contributed by atoms with Gasteiger partial charge in [-0.3, -0.25) is 4.79 Å². The number of aliphatic hydroxyl groups excluding tert-OH is 1. The minimum Gasteiger partial charge on any atom is -0.388 e. The van der Waals surface area contributed by atoms with E-state index >= 15 is 0 Å². The Morgan fingerprint density at radius 2 is 2.17 bits per heavy atom. The number of aromatic nitrogens is 5. The smallest absolute Gasteiger partial charge is 0.267 e. The van der Waals surface area contributed by atoms with Gasteiger partial charge < -0.3 is 25.0 Å². The second kappa shape index (κ2) is 7.95. The van der Waals surface area contributed by atoms with Gasteiger partial charge in [-0.2, -0.15) is 9.61 Å². The fourth-order valence-electron chi connectivity index (χ4n) is 4.70. The molecule has 1 aliphatic heterocycles. The number of aliphatic hydroxyl groups is 1. The van der Waals surface area contributed by atoms with Crippen LogP contribution in [0.2, 0.25) is 0 Å². The summed E-state index contributed by atoms with van der Waals surface area (Å²) in [6.07, 6.45) is 4.19. The quantitative estimate of drug-likeness (QED) is 0.398. The van der Waals surface area contributed by atoms with Crippen molar-refractivity contribution in [2.45, 2.75) is 37.0 Å². The molecule has 0 unspecified atom stereocenters. The maximum absolute atomic E-state index is 13.7. The van der Waals surface area contributed by atoms with E-state index in [1.54, 1.807) is 19.3 Å². The zero-order chi connectivity index (χ0) is 24.3. The van der Waals surface area contributed by atoms with Crippen LogP contribution in [0.1, 0.15) is 29.2 Å². The lowest BCUT2D eigenvalue weighted by Crippen LogP contribution is -2.55. The summed E-state index contributed by atoms with van der Waals surface area (Å²) in [7, 11) is 1.71. The van der Waals surface area contributed by atoms with E-state index in [1.165, 1.54) is 10.7 Å². The van der Waals surface area contributed by atoms with Crippen molar-refractivity contribution in [3.8, 4) is 11.3 Å². The van der Waals surface area contributed by atoms with Crippen LogP contribution in [0.3, 0.4) is 0 Å². The average molecular weight is 483 g/mol. The molecule has 0 spiro atoms. The number of anilines is 1. The molecule has 4 aromatic rings. The highest BCUT2D eigenvalue weighted by atomic mass is 19.3. The van der Waals surface area contributed by atoms with Crippen LogP contribution in [-0.2, 0) is 4.74 Å². The molecule has 0 aromatic carbocycles. The SMILES string of the molecule is CNc1cc(-c2cn([C@H]3COC[C@@H]3O)c3ncccc23)nc2c(C(=O)N[C@@H]3CCC3(F)F)cnn12. The van der Waals surface area contributed by atoms with Crippen LogP contribution in [0.25, 0.3) is 27.9 Å². The van der Waals surface area contributed by atoms with Gasteiger partial charge >= 0.3 is 0 Å². The van der Waals surface area contributed by atoms with Gasteiger partial charge in [-0.15, -0.1) is 0 Å². The van der Waals surface area contributed by atoms with Crippen LogP contribution >= 0.6 is 0 Å². The molecular formula is C23H23F2N7O3. The number of ether oxygens (including phenoxy) is 1. The van der Waals surface area contributed by atoms with Gasteiger partial charge in [-0.05, 0) is 18.6 Å². The van der Waals surface area contributed by atoms with Crippen LogP contribution in [-0.4, -0.2) is 73.5 Å². The molecule has 4 aromatic heterocycles.